The lowest BCUT2D eigenvalue weighted by Crippen LogP contribution is -2.45. The van der Waals surface area contributed by atoms with E-state index in [9.17, 15) is 0 Å². The number of hydrogen-bond donors (Lipinski definition) is 1. The Balaban J connectivity index is 1.99. The van der Waals surface area contributed by atoms with Crippen LogP contribution in [0.3, 0.4) is 0 Å². The molecule has 0 saturated heterocycles. The topological polar surface area (TPSA) is 73.9 Å². The van der Waals surface area contributed by atoms with Gasteiger partial charge >= 0.3 is 6.01 Å². The van der Waals surface area contributed by atoms with Crippen molar-refractivity contribution in [2.24, 2.45) is 5.73 Å². The fourth-order valence-electron chi connectivity index (χ4n) is 2.77. The molecule has 1 aromatic rings. The van der Waals surface area contributed by atoms with Crippen LogP contribution in [-0.2, 0) is 12.8 Å². The van der Waals surface area contributed by atoms with Crippen LogP contribution in [0.4, 0.5) is 0 Å². The summed E-state index contributed by atoms with van der Waals surface area (Å²) in [5.74, 6) is 0. The second-order valence-corrected chi connectivity index (χ2v) is 5.76. The highest BCUT2D eigenvalue weighted by Gasteiger charge is 2.27. The smallest absolute Gasteiger partial charge is 0.335 e. The molecule has 1 aliphatic carbocycles. The molecule has 0 bridgehead atoms. The van der Waals surface area contributed by atoms with Crippen LogP contribution in [0, 0.1) is 0 Å². The van der Waals surface area contributed by atoms with Crippen LogP contribution in [0.1, 0.15) is 63.8 Å². The van der Waals surface area contributed by atoms with Crippen LogP contribution in [0.2, 0.25) is 0 Å². The SMILES string of the molecule is CCc1nnc(OCC2(N)CCCCCC2)nc1CC. The molecule has 0 radical (unpaired) electrons. The van der Waals surface area contributed by atoms with E-state index in [2.05, 4.69) is 29.0 Å². The van der Waals surface area contributed by atoms with Gasteiger partial charge in [0.05, 0.1) is 16.9 Å². The summed E-state index contributed by atoms with van der Waals surface area (Å²) in [4.78, 5) is 4.45. The Labute approximate surface area is 121 Å². The summed E-state index contributed by atoms with van der Waals surface area (Å²) < 4.78 is 5.74. The summed E-state index contributed by atoms with van der Waals surface area (Å²) in [7, 11) is 0. The number of ether oxygens (including phenoxy) is 1. The van der Waals surface area contributed by atoms with Crippen molar-refractivity contribution in [3.05, 3.63) is 11.4 Å². The first-order valence-electron chi connectivity index (χ1n) is 7.81. The van der Waals surface area contributed by atoms with Gasteiger partial charge in [-0.15, -0.1) is 5.10 Å². The van der Waals surface area contributed by atoms with Gasteiger partial charge < -0.3 is 10.5 Å². The van der Waals surface area contributed by atoms with E-state index in [-0.39, 0.29) is 5.54 Å². The third-order valence-electron chi connectivity index (χ3n) is 4.08. The first kappa shape index (κ1) is 15.2. The van der Waals surface area contributed by atoms with Gasteiger partial charge in [-0.1, -0.05) is 44.6 Å². The largest absolute Gasteiger partial charge is 0.460 e. The number of aryl methyl sites for hydroxylation is 2. The first-order valence-corrected chi connectivity index (χ1v) is 7.81. The highest BCUT2D eigenvalue weighted by atomic mass is 16.5. The van der Waals surface area contributed by atoms with Crippen LogP contribution < -0.4 is 10.5 Å². The molecule has 0 atom stereocenters. The molecule has 1 heterocycles. The van der Waals surface area contributed by atoms with Gasteiger partial charge in [0, 0.05) is 0 Å². The third-order valence-corrected chi connectivity index (χ3v) is 4.08. The molecule has 5 nitrogen and oxygen atoms in total. The average molecular weight is 278 g/mol. The van der Waals surface area contributed by atoms with E-state index in [1.165, 1.54) is 25.7 Å². The van der Waals surface area contributed by atoms with Crippen molar-refractivity contribution in [3.63, 3.8) is 0 Å². The Morgan fingerprint density at radius 2 is 1.65 bits per heavy atom. The van der Waals surface area contributed by atoms with E-state index in [1.54, 1.807) is 0 Å². The Morgan fingerprint density at radius 1 is 1.00 bits per heavy atom. The van der Waals surface area contributed by atoms with E-state index >= 15 is 0 Å². The summed E-state index contributed by atoms with van der Waals surface area (Å²) in [6, 6.07) is 0.369. The van der Waals surface area contributed by atoms with Gasteiger partial charge in [0.1, 0.15) is 6.61 Å². The van der Waals surface area contributed by atoms with Crippen molar-refractivity contribution in [3.8, 4) is 6.01 Å². The number of aromatic nitrogens is 3. The standard InChI is InChI=1S/C15H26N4O/c1-3-12-13(4-2)18-19-14(17-12)20-11-15(16)9-7-5-6-8-10-15/h3-11,16H2,1-2H3. The van der Waals surface area contributed by atoms with Gasteiger partial charge in [-0.3, -0.25) is 0 Å². The van der Waals surface area contributed by atoms with Gasteiger partial charge in [0.25, 0.3) is 0 Å². The summed E-state index contributed by atoms with van der Waals surface area (Å²) in [6.45, 7) is 4.62. The molecule has 0 amide bonds. The Morgan fingerprint density at radius 3 is 2.25 bits per heavy atom. The molecule has 2 N–H and O–H groups in total. The van der Waals surface area contributed by atoms with Crippen molar-refractivity contribution in [2.45, 2.75) is 70.8 Å². The van der Waals surface area contributed by atoms with E-state index in [4.69, 9.17) is 10.5 Å². The zero-order valence-electron chi connectivity index (χ0n) is 12.7. The highest BCUT2D eigenvalue weighted by Crippen LogP contribution is 2.25. The van der Waals surface area contributed by atoms with Crippen LogP contribution in [0.25, 0.3) is 0 Å². The quantitative estimate of drug-likeness (QED) is 0.837. The number of rotatable bonds is 5. The lowest BCUT2D eigenvalue weighted by atomic mass is 9.93. The van der Waals surface area contributed by atoms with E-state index in [0.29, 0.717) is 12.6 Å². The maximum absolute atomic E-state index is 6.43. The molecule has 0 spiro atoms. The molecular weight excluding hydrogens is 252 g/mol. The fraction of sp³-hybridized carbons (Fsp3) is 0.800. The monoisotopic (exact) mass is 278 g/mol. The average Bonchev–Trinajstić information content (AvgIpc) is 2.70. The van der Waals surface area contributed by atoms with E-state index in [1.807, 2.05) is 0 Å². The van der Waals surface area contributed by atoms with E-state index in [0.717, 1.165) is 37.1 Å². The lowest BCUT2D eigenvalue weighted by molar-refractivity contribution is 0.184. The molecule has 1 aliphatic rings. The molecule has 5 heteroatoms. The Hall–Kier alpha value is -1.23. The number of nitrogens with two attached hydrogens (primary N) is 1. The van der Waals surface area contributed by atoms with Crippen molar-refractivity contribution in [1.82, 2.24) is 15.2 Å². The van der Waals surface area contributed by atoms with Crippen LogP contribution in [-0.4, -0.2) is 27.3 Å². The van der Waals surface area contributed by atoms with E-state index < -0.39 is 0 Å². The summed E-state index contributed by atoms with van der Waals surface area (Å²) in [6.07, 6.45) is 8.68. The molecule has 0 aliphatic heterocycles. The van der Waals surface area contributed by atoms with Crippen molar-refractivity contribution < 1.29 is 4.74 Å². The van der Waals surface area contributed by atoms with Crippen LogP contribution >= 0.6 is 0 Å². The minimum absolute atomic E-state index is 0.227. The molecule has 0 unspecified atom stereocenters. The maximum Gasteiger partial charge on any atom is 0.335 e. The predicted molar refractivity (Wildman–Crippen MR) is 78.7 cm³/mol. The Bertz CT molecular complexity index is 428. The van der Waals surface area contributed by atoms with Crippen molar-refractivity contribution in [2.75, 3.05) is 6.61 Å². The molecule has 112 valence electrons. The Kier molecular flexibility index (Phi) is 5.29. The summed E-state index contributed by atoms with van der Waals surface area (Å²) in [5, 5.41) is 8.25. The zero-order chi connectivity index (χ0) is 14.4. The third kappa shape index (κ3) is 3.88. The number of nitrogens with zero attached hydrogens (tertiary/aromatic N) is 3. The fourth-order valence-corrected chi connectivity index (χ4v) is 2.77. The second-order valence-electron chi connectivity index (χ2n) is 5.76. The van der Waals surface area contributed by atoms with Gasteiger partial charge in [-0.05, 0) is 25.7 Å². The molecule has 2 rings (SSSR count). The van der Waals surface area contributed by atoms with Crippen LogP contribution in [0.5, 0.6) is 6.01 Å². The summed E-state index contributed by atoms with van der Waals surface area (Å²) in [5.41, 5.74) is 8.14. The number of hydrogen-bond acceptors (Lipinski definition) is 5. The molecule has 1 saturated carbocycles. The molecule has 0 aromatic carbocycles. The minimum Gasteiger partial charge on any atom is -0.460 e. The molecule has 1 fully saturated rings. The molecular formula is C15H26N4O. The molecule has 20 heavy (non-hydrogen) atoms. The van der Waals surface area contributed by atoms with Gasteiger partial charge in [-0.25, -0.2) is 0 Å². The first-order chi connectivity index (χ1) is 9.67. The normalized spacial score (nSPS) is 18.6. The zero-order valence-corrected chi connectivity index (χ0v) is 12.7. The van der Waals surface area contributed by atoms with Crippen molar-refractivity contribution in [1.29, 1.82) is 0 Å². The van der Waals surface area contributed by atoms with Gasteiger partial charge in [0.2, 0.25) is 0 Å². The predicted octanol–water partition coefficient (Wildman–Crippen LogP) is 2.43. The van der Waals surface area contributed by atoms with Gasteiger partial charge in [0.15, 0.2) is 0 Å². The maximum atomic E-state index is 6.43. The summed E-state index contributed by atoms with van der Waals surface area (Å²) >= 11 is 0. The highest BCUT2D eigenvalue weighted by molar-refractivity contribution is 5.12. The minimum atomic E-state index is -0.227. The van der Waals surface area contributed by atoms with Gasteiger partial charge in [-0.2, -0.15) is 4.98 Å². The van der Waals surface area contributed by atoms with Crippen molar-refractivity contribution >= 4 is 0 Å². The molecule has 1 aromatic heterocycles. The lowest BCUT2D eigenvalue weighted by Gasteiger charge is -2.27. The van der Waals surface area contributed by atoms with Crippen LogP contribution in [0.15, 0.2) is 0 Å². The second kappa shape index (κ2) is 6.97.